The molecule has 3 heteroatoms. The van der Waals surface area contributed by atoms with E-state index in [0.29, 0.717) is 0 Å². The summed E-state index contributed by atoms with van der Waals surface area (Å²) in [6.45, 7) is 2.45. The molecule has 0 amide bonds. The molecule has 166 valence electrons. The summed E-state index contributed by atoms with van der Waals surface area (Å²) in [5.74, 6) is 0. The number of fused-ring (bicyclic) bond motifs is 8. The van der Waals surface area contributed by atoms with Crippen molar-refractivity contribution in [3.63, 3.8) is 0 Å². The molecule has 0 unspecified atom stereocenters. The minimum atomic E-state index is 0.145. The van der Waals surface area contributed by atoms with E-state index < -0.39 is 0 Å². The minimum Gasteiger partial charge on any atom is -0.379 e. The third kappa shape index (κ3) is 2.04. The van der Waals surface area contributed by atoms with E-state index in [-0.39, 0.29) is 6.85 Å². The highest BCUT2D eigenvalue weighted by atomic mass is 15.0. The van der Waals surface area contributed by atoms with Crippen molar-refractivity contribution in [1.29, 1.82) is 0 Å². The maximum atomic E-state index is 2.63. The number of aromatic nitrogens is 2. The van der Waals surface area contributed by atoms with Crippen LogP contribution in [0.1, 0.15) is 5.69 Å². The summed E-state index contributed by atoms with van der Waals surface area (Å²) >= 11 is 0. The van der Waals surface area contributed by atoms with E-state index in [4.69, 9.17) is 0 Å². The molecule has 36 heavy (non-hydrogen) atoms. The van der Waals surface area contributed by atoms with Crippen LogP contribution in [0.5, 0.6) is 0 Å². The second-order valence-electron chi connectivity index (χ2n) is 10.1. The molecule has 0 saturated carbocycles. The number of hydrogen-bond acceptors (Lipinski definition) is 0. The van der Waals surface area contributed by atoms with Gasteiger partial charge in [-0.05, 0) is 41.1 Å². The predicted octanol–water partition coefficient (Wildman–Crippen LogP) is 6.66. The van der Waals surface area contributed by atoms with E-state index in [1.165, 1.54) is 77.3 Å². The Hall–Kier alpha value is -4.50. The molecule has 0 aliphatic carbocycles. The molecule has 0 fully saturated rings. The molecule has 0 atom stereocenters. The second kappa shape index (κ2) is 6.38. The number of nitrogens with zero attached hydrogens (tertiary/aromatic N) is 2. The van der Waals surface area contributed by atoms with Gasteiger partial charge in [-0.25, -0.2) is 0 Å². The first-order valence-electron chi connectivity index (χ1n) is 12.7. The fourth-order valence-corrected chi connectivity index (χ4v) is 7.19. The summed E-state index contributed by atoms with van der Waals surface area (Å²) in [6.07, 6.45) is 0. The van der Waals surface area contributed by atoms with Crippen LogP contribution in [0.25, 0.3) is 60.6 Å². The number of para-hydroxylation sites is 3. The maximum Gasteiger partial charge on any atom is 0.332 e. The van der Waals surface area contributed by atoms with E-state index in [1.807, 2.05) is 0 Å². The van der Waals surface area contributed by atoms with Crippen molar-refractivity contribution in [3.8, 4) is 27.9 Å². The number of benzene rings is 5. The third-order valence-electron chi connectivity index (χ3n) is 8.50. The number of hydrogen-bond donors (Lipinski definition) is 0. The lowest BCUT2D eigenvalue weighted by Crippen LogP contribution is -2.55. The Morgan fingerprint density at radius 1 is 0.583 bits per heavy atom. The van der Waals surface area contributed by atoms with Crippen molar-refractivity contribution in [2.24, 2.45) is 0 Å². The Morgan fingerprint density at radius 3 is 2.28 bits per heavy atom. The average Bonchev–Trinajstić information content (AvgIpc) is 3.43. The van der Waals surface area contributed by atoms with Crippen LogP contribution in [-0.2, 0) is 0 Å². The molecule has 7 aromatic rings. The zero-order valence-corrected chi connectivity index (χ0v) is 19.9. The van der Waals surface area contributed by atoms with E-state index >= 15 is 0 Å². The van der Waals surface area contributed by atoms with Gasteiger partial charge < -0.3 is 9.05 Å². The third-order valence-corrected chi connectivity index (χ3v) is 8.50. The highest BCUT2D eigenvalue weighted by molar-refractivity contribution is 6.89. The second-order valence-corrected chi connectivity index (χ2v) is 10.1. The van der Waals surface area contributed by atoms with E-state index in [1.54, 1.807) is 0 Å². The van der Waals surface area contributed by atoms with Crippen LogP contribution < -0.4 is 10.9 Å². The molecule has 9 rings (SSSR count). The van der Waals surface area contributed by atoms with Crippen LogP contribution in [0.15, 0.2) is 109 Å². The van der Waals surface area contributed by atoms with Gasteiger partial charge in [0.2, 0.25) is 0 Å². The van der Waals surface area contributed by atoms with Gasteiger partial charge in [0.25, 0.3) is 0 Å². The predicted molar refractivity (Wildman–Crippen MR) is 152 cm³/mol. The van der Waals surface area contributed by atoms with Crippen LogP contribution in [0, 0.1) is 6.92 Å². The first-order chi connectivity index (χ1) is 17.8. The lowest BCUT2D eigenvalue weighted by atomic mass is 9.45. The van der Waals surface area contributed by atoms with Gasteiger partial charge in [-0.2, -0.15) is 0 Å². The molecule has 0 N–H and O–H groups in total. The Kier molecular flexibility index (Phi) is 3.33. The van der Waals surface area contributed by atoms with Gasteiger partial charge in [-0.1, -0.05) is 97.1 Å². The molecule has 2 aliphatic heterocycles. The summed E-state index contributed by atoms with van der Waals surface area (Å²) in [5, 5.41) is 4.00. The lowest BCUT2D eigenvalue weighted by Gasteiger charge is -2.33. The fraction of sp³-hybridized carbons (Fsp3) is 0.0303. The van der Waals surface area contributed by atoms with Crippen molar-refractivity contribution in [3.05, 3.63) is 115 Å². The first kappa shape index (κ1) is 18.8. The van der Waals surface area contributed by atoms with Crippen LogP contribution in [0.3, 0.4) is 0 Å². The molecular formula is C33H21BN2. The van der Waals surface area contributed by atoms with Gasteiger partial charge in [-0.3, -0.25) is 0 Å². The van der Waals surface area contributed by atoms with Gasteiger partial charge in [-0.15, -0.1) is 0 Å². The normalized spacial score (nSPS) is 13.1. The molecule has 4 heterocycles. The van der Waals surface area contributed by atoms with Crippen molar-refractivity contribution in [1.82, 2.24) is 9.05 Å². The topological polar surface area (TPSA) is 9.86 Å². The van der Waals surface area contributed by atoms with Gasteiger partial charge in [0.1, 0.15) is 0 Å². The smallest absolute Gasteiger partial charge is 0.332 e. The Labute approximate surface area is 209 Å². The zero-order chi connectivity index (χ0) is 23.5. The summed E-state index contributed by atoms with van der Waals surface area (Å²) < 4.78 is 5.15. The Bertz CT molecular complexity index is 2060. The fourth-order valence-electron chi connectivity index (χ4n) is 7.19. The highest BCUT2D eigenvalue weighted by Crippen LogP contribution is 2.44. The van der Waals surface area contributed by atoms with Crippen LogP contribution in [-0.4, -0.2) is 15.9 Å². The van der Waals surface area contributed by atoms with Crippen LogP contribution in [0.2, 0.25) is 0 Å². The highest BCUT2D eigenvalue weighted by Gasteiger charge is 2.41. The van der Waals surface area contributed by atoms with Crippen molar-refractivity contribution >= 4 is 50.5 Å². The van der Waals surface area contributed by atoms with Crippen molar-refractivity contribution in [2.75, 3.05) is 0 Å². The molecule has 2 nitrogen and oxygen atoms in total. The maximum absolute atomic E-state index is 2.63. The van der Waals surface area contributed by atoms with Crippen molar-refractivity contribution in [2.45, 2.75) is 6.92 Å². The molecular weight excluding hydrogens is 435 g/mol. The van der Waals surface area contributed by atoms with E-state index in [9.17, 15) is 0 Å². The minimum absolute atomic E-state index is 0.145. The molecule has 5 aromatic carbocycles. The Morgan fingerprint density at radius 2 is 1.36 bits per heavy atom. The molecule has 0 radical (unpaired) electrons. The van der Waals surface area contributed by atoms with Crippen molar-refractivity contribution < 1.29 is 0 Å². The monoisotopic (exact) mass is 456 g/mol. The van der Waals surface area contributed by atoms with E-state index in [2.05, 4.69) is 125 Å². The SMILES string of the molecule is Cc1c(-c2ccccc2)c2cccc3c2n1B1c2ccccc2-n2c4ccccc4c4ccc-3c1c42. The van der Waals surface area contributed by atoms with Gasteiger partial charge >= 0.3 is 6.85 Å². The van der Waals surface area contributed by atoms with E-state index in [0.717, 1.165) is 0 Å². The quantitative estimate of drug-likeness (QED) is 0.245. The van der Waals surface area contributed by atoms with Gasteiger partial charge in [0, 0.05) is 44.2 Å². The molecule has 0 bridgehead atoms. The molecule has 2 aromatic heterocycles. The number of rotatable bonds is 1. The Balaban J connectivity index is 1.54. The summed E-state index contributed by atoms with van der Waals surface area (Å²) in [6, 6.07) is 40.3. The van der Waals surface area contributed by atoms with Crippen LogP contribution >= 0.6 is 0 Å². The lowest BCUT2D eigenvalue weighted by molar-refractivity contribution is 1.14. The van der Waals surface area contributed by atoms with Crippen LogP contribution in [0.4, 0.5) is 0 Å². The average molecular weight is 456 g/mol. The molecule has 0 spiro atoms. The standard InChI is InChI=1S/C33H21BN2/c1-20-30(21-10-3-2-4-11-21)26-14-9-13-24-23-18-19-25-22-12-5-7-16-28(22)35-29-17-8-6-15-27(29)34(31(23)33(25)35)36(20)32(24)26/h2-19H,1H3. The first-order valence-corrected chi connectivity index (χ1v) is 12.7. The largest absolute Gasteiger partial charge is 0.379 e. The summed E-state index contributed by atoms with van der Waals surface area (Å²) in [7, 11) is 0. The zero-order valence-electron chi connectivity index (χ0n) is 19.9. The van der Waals surface area contributed by atoms with Gasteiger partial charge in [0.15, 0.2) is 0 Å². The molecule has 0 saturated heterocycles. The summed E-state index contributed by atoms with van der Waals surface area (Å²) in [4.78, 5) is 0. The summed E-state index contributed by atoms with van der Waals surface area (Å²) in [5.41, 5.74) is 14.7. The van der Waals surface area contributed by atoms with Gasteiger partial charge in [0.05, 0.1) is 11.0 Å². The molecule has 2 aliphatic rings.